The highest BCUT2D eigenvalue weighted by atomic mass is 32.2. The SMILES string of the molecule is COc1cc(CCC(=O)O)c(-c2ccc(S(=O)(=O)N(C)C[C@H](O)CNC(C)(C)CC3Cc4ccccc4C3)c(C(F)(F)F)c2)cc1OC. The first-order valence-electron chi connectivity index (χ1n) is 15.6. The number of methoxy groups -OCH3 is 2. The fourth-order valence-electron chi connectivity index (χ4n) is 6.39. The van der Waals surface area contributed by atoms with Crippen molar-refractivity contribution in [2.45, 2.75) is 68.7 Å². The molecule has 3 aromatic rings. The lowest BCUT2D eigenvalue weighted by Crippen LogP contribution is -2.47. The van der Waals surface area contributed by atoms with Crippen LogP contribution in [-0.2, 0) is 40.3 Å². The molecule has 0 spiro atoms. The summed E-state index contributed by atoms with van der Waals surface area (Å²) in [6, 6.07) is 14.1. The number of nitrogens with one attached hydrogen (secondary N) is 1. The molecule has 0 heterocycles. The number of aliphatic hydroxyl groups is 1. The monoisotopic (exact) mass is 692 g/mol. The van der Waals surface area contributed by atoms with Gasteiger partial charge in [-0.1, -0.05) is 30.3 Å². The Morgan fingerprint density at radius 1 is 1.02 bits per heavy atom. The Morgan fingerprint density at radius 3 is 2.19 bits per heavy atom. The molecule has 4 rings (SSSR count). The zero-order valence-electron chi connectivity index (χ0n) is 27.7. The number of benzene rings is 3. The van der Waals surface area contributed by atoms with E-state index in [9.17, 15) is 36.6 Å². The van der Waals surface area contributed by atoms with Crippen LogP contribution in [0.25, 0.3) is 11.1 Å². The first-order chi connectivity index (χ1) is 22.4. The molecule has 1 aliphatic rings. The van der Waals surface area contributed by atoms with E-state index in [1.54, 1.807) is 0 Å². The predicted octanol–water partition coefficient (Wildman–Crippen LogP) is 5.56. The number of carboxylic acids is 1. The molecule has 3 aromatic carbocycles. The Morgan fingerprint density at radius 2 is 1.62 bits per heavy atom. The van der Waals surface area contributed by atoms with Gasteiger partial charge in [-0.25, -0.2) is 8.42 Å². The zero-order chi connectivity index (χ0) is 35.4. The topological polar surface area (TPSA) is 125 Å². The standard InChI is InChI=1S/C35H43F3N2O7S/c1-34(2,19-22-14-23-8-6-7-9-24(23)15-22)39-20-27(41)21-40(3)48(44,45)32-12-10-25(16-29(32)35(36,37)38)28-18-31(47-5)30(46-4)17-26(28)11-13-33(42)43/h6-10,12,16-18,22,27,39,41H,11,13-15,19-21H2,1-5H3,(H,42,43)/t27-/m1/s1. The van der Waals surface area contributed by atoms with Crippen molar-refractivity contribution in [2.24, 2.45) is 5.92 Å². The van der Waals surface area contributed by atoms with E-state index in [0.29, 0.717) is 11.5 Å². The van der Waals surface area contributed by atoms with Crippen molar-refractivity contribution in [3.8, 4) is 22.6 Å². The number of alkyl halides is 3. The summed E-state index contributed by atoms with van der Waals surface area (Å²) >= 11 is 0. The van der Waals surface area contributed by atoms with E-state index < -0.39 is 45.3 Å². The minimum Gasteiger partial charge on any atom is -0.493 e. The van der Waals surface area contributed by atoms with Crippen molar-refractivity contribution in [1.82, 2.24) is 9.62 Å². The highest BCUT2D eigenvalue weighted by molar-refractivity contribution is 7.89. The fraction of sp³-hybridized carbons (Fsp3) is 0.457. The largest absolute Gasteiger partial charge is 0.493 e. The molecule has 0 amide bonds. The molecule has 1 aliphatic carbocycles. The Balaban J connectivity index is 1.52. The Kier molecular flexibility index (Phi) is 11.5. The van der Waals surface area contributed by atoms with Gasteiger partial charge in [-0.2, -0.15) is 17.5 Å². The Labute approximate surface area is 279 Å². The zero-order valence-corrected chi connectivity index (χ0v) is 28.5. The highest BCUT2D eigenvalue weighted by Crippen LogP contribution is 2.41. The minimum absolute atomic E-state index is 0.0158. The van der Waals surface area contributed by atoms with Crippen LogP contribution in [0.15, 0.2) is 59.5 Å². The minimum atomic E-state index is -5.05. The van der Waals surface area contributed by atoms with E-state index >= 15 is 0 Å². The Bertz CT molecular complexity index is 1700. The average molecular weight is 693 g/mol. The number of hydrogen-bond donors (Lipinski definition) is 3. The third-order valence-corrected chi connectivity index (χ3v) is 10.6. The van der Waals surface area contributed by atoms with Crippen LogP contribution < -0.4 is 14.8 Å². The normalized spacial score (nSPS) is 14.6. The number of carbonyl (C=O) groups is 1. The molecule has 0 aromatic heterocycles. The van der Waals surface area contributed by atoms with Gasteiger partial charge in [-0.3, -0.25) is 4.79 Å². The van der Waals surface area contributed by atoms with Gasteiger partial charge < -0.3 is 25.0 Å². The van der Waals surface area contributed by atoms with E-state index in [-0.39, 0.29) is 47.6 Å². The number of hydrogen-bond acceptors (Lipinski definition) is 7. The number of β-amino-alcohol motifs (C(OH)–C–C–N with tert-alkyl or cyclic N) is 1. The quantitative estimate of drug-likeness (QED) is 0.189. The number of fused-ring (bicyclic) bond motifs is 1. The molecule has 0 fully saturated rings. The van der Waals surface area contributed by atoms with Crippen LogP contribution in [0.5, 0.6) is 11.5 Å². The van der Waals surface area contributed by atoms with E-state index in [1.807, 2.05) is 26.0 Å². The van der Waals surface area contributed by atoms with Gasteiger partial charge in [0.1, 0.15) is 0 Å². The number of carboxylic acid groups (broad SMARTS) is 1. The van der Waals surface area contributed by atoms with Crippen LogP contribution in [0.3, 0.4) is 0 Å². The maximum atomic E-state index is 14.5. The summed E-state index contributed by atoms with van der Waals surface area (Å²) in [5.41, 5.74) is 1.53. The molecule has 262 valence electrons. The number of aliphatic carboxylic acids is 1. The molecule has 1 atom stereocenters. The summed E-state index contributed by atoms with van der Waals surface area (Å²) in [4.78, 5) is 10.3. The van der Waals surface area contributed by atoms with Gasteiger partial charge in [0.15, 0.2) is 11.5 Å². The van der Waals surface area contributed by atoms with Crippen LogP contribution in [-0.4, -0.2) is 74.9 Å². The van der Waals surface area contributed by atoms with E-state index in [4.69, 9.17) is 9.47 Å². The average Bonchev–Trinajstić information content (AvgIpc) is 3.43. The molecule has 0 unspecified atom stereocenters. The van der Waals surface area contributed by atoms with Crippen molar-refractivity contribution in [1.29, 1.82) is 0 Å². The van der Waals surface area contributed by atoms with Gasteiger partial charge in [-0.15, -0.1) is 0 Å². The van der Waals surface area contributed by atoms with Crippen LogP contribution in [0.2, 0.25) is 0 Å². The number of ether oxygens (including phenoxy) is 2. The molecule has 0 bridgehead atoms. The number of sulfonamides is 1. The number of aryl methyl sites for hydroxylation is 1. The maximum absolute atomic E-state index is 14.5. The van der Waals surface area contributed by atoms with E-state index in [0.717, 1.165) is 42.7 Å². The van der Waals surface area contributed by atoms with Gasteiger partial charge >= 0.3 is 12.1 Å². The second kappa shape index (κ2) is 14.9. The van der Waals surface area contributed by atoms with Gasteiger partial charge in [0.05, 0.1) is 30.8 Å². The van der Waals surface area contributed by atoms with Gasteiger partial charge in [0, 0.05) is 32.1 Å². The molecule has 48 heavy (non-hydrogen) atoms. The van der Waals surface area contributed by atoms with E-state index in [2.05, 4.69) is 17.4 Å². The summed E-state index contributed by atoms with van der Waals surface area (Å²) < 4.78 is 81.8. The van der Waals surface area contributed by atoms with E-state index in [1.165, 1.54) is 43.5 Å². The summed E-state index contributed by atoms with van der Waals surface area (Å²) in [5.74, 6) is -0.215. The molecule has 0 saturated carbocycles. The van der Waals surface area contributed by atoms with Crippen molar-refractivity contribution < 1.29 is 46.1 Å². The van der Waals surface area contributed by atoms with Crippen molar-refractivity contribution in [3.05, 3.63) is 76.9 Å². The number of aliphatic hydroxyl groups excluding tert-OH is 1. The first-order valence-corrected chi connectivity index (χ1v) is 17.0. The third-order valence-electron chi connectivity index (χ3n) is 8.72. The number of nitrogens with zero attached hydrogens (tertiary/aromatic N) is 1. The predicted molar refractivity (Wildman–Crippen MR) is 176 cm³/mol. The molecular formula is C35H43F3N2O7S. The van der Waals surface area contributed by atoms with Crippen molar-refractivity contribution >= 4 is 16.0 Å². The lowest BCUT2D eigenvalue weighted by atomic mass is 9.88. The van der Waals surface area contributed by atoms with Gasteiger partial charge in [-0.05, 0) is 97.5 Å². The van der Waals surface area contributed by atoms with Crippen molar-refractivity contribution in [3.63, 3.8) is 0 Å². The molecule has 0 radical (unpaired) electrons. The Hall–Kier alpha value is -3.65. The van der Waals surface area contributed by atoms with Crippen LogP contribution >= 0.6 is 0 Å². The summed E-state index contributed by atoms with van der Waals surface area (Å²) in [6.45, 7) is 3.61. The smallest absolute Gasteiger partial charge is 0.417 e. The third kappa shape index (κ3) is 8.87. The van der Waals surface area contributed by atoms with Gasteiger partial charge in [0.2, 0.25) is 10.0 Å². The lowest BCUT2D eigenvalue weighted by Gasteiger charge is -2.31. The molecule has 0 aliphatic heterocycles. The van der Waals surface area contributed by atoms with Crippen LogP contribution in [0, 0.1) is 5.92 Å². The second-order valence-electron chi connectivity index (χ2n) is 12.9. The summed E-state index contributed by atoms with van der Waals surface area (Å²) in [5, 5.41) is 23.3. The molecule has 9 nitrogen and oxygen atoms in total. The second-order valence-corrected chi connectivity index (χ2v) is 14.9. The lowest BCUT2D eigenvalue weighted by molar-refractivity contribution is -0.140. The maximum Gasteiger partial charge on any atom is 0.417 e. The molecule has 0 saturated heterocycles. The highest BCUT2D eigenvalue weighted by Gasteiger charge is 2.39. The molecule has 3 N–H and O–H groups in total. The van der Waals surface area contributed by atoms with Crippen LogP contribution in [0.4, 0.5) is 13.2 Å². The summed E-state index contributed by atoms with van der Waals surface area (Å²) in [7, 11) is -0.844. The number of likely N-dealkylation sites (N-methyl/N-ethyl adjacent to an activating group) is 1. The number of halogens is 3. The molecule has 13 heteroatoms. The van der Waals surface area contributed by atoms with Crippen LogP contribution in [0.1, 0.15) is 48.9 Å². The first kappa shape index (κ1) is 37.2. The fourth-order valence-corrected chi connectivity index (χ4v) is 7.79. The van der Waals surface area contributed by atoms with Crippen molar-refractivity contribution in [2.75, 3.05) is 34.4 Å². The molecular weight excluding hydrogens is 649 g/mol. The summed E-state index contributed by atoms with van der Waals surface area (Å²) in [6.07, 6.45) is -3.83. The number of rotatable bonds is 15. The van der Waals surface area contributed by atoms with Gasteiger partial charge in [0.25, 0.3) is 0 Å².